The molecule has 1 aliphatic heterocycles. The SMILES string of the molecule is I.NC(=NCCNc1ccc([N+](=O)[O-])cc1)N1CCOCC1. The lowest BCUT2D eigenvalue weighted by molar-refractivity contribution is -0.384. The maximum Gasteiger partial charge on any atom is 0.269 e. The molecular weight excluding hydrogens is 401 g/mol. The van der Waals surface area contributed by atoms with E-state index in [1.165, 1.54) is 12.1 Å². The van der Waals surface area contributed by atoms with Crippen LogP contribution in [0.3, 0.4) is 0 Å². The van der Waals surface area contributed by atoms with E-state index < -0.39 is 4.92 Å². The van der Waals surface area contributed by atoms with Crippen molar-refractivity contribution in [1.82, 2.24) is 4.90 Å². The molecular formula is C13H20IN5O3. The number of aliphatic imine (C=N–C) groups is 1. The largest absolute Gasteiger partial charge is 0.383 e. The molecule has 0 bridgehead atoms. The fraction of sp³-hybridized carbons (Fsp3) is 0.462. The molecule has 0 atom stereocenters. The second-order valence-electron chi connectivity index (χ2n) is 4.57. The smallest absolute Gasteiger partial charge is 0.269 e. The van der Waals surface area contributed by atoms with Crippen molar-refractivity contribution in [2.75, 3.05) is 44.7 Å². The Hall–Kier alpha value is -1.62. The van der Waals surface area contributed by atoms with Crippen molar-refractivity contribution in [2.24, 2.45) is 10.7 Å². The molecule has 1 aromatic carbocycles. The predicted octanol–water partition coefficient (Wildman–Crippen LogP) is 1.27. The highest BCUT2D eigenvalue weighted by Crippen LogP contribution is 2.14. The predicted molar refractivity (Wildman–Crippen MR) is 95.9 cm³/mol. The quantitative estimate of drug-likeness (QED) is 0.185. The average molecular weight is 421 g/mol. The Morgan fingerprint density at radius 1 is 1.36 bits per heavy atom. The Labute approximate surface area is 145 Å². The number of nitro benzene ring substituents is 1. The Morgan fingerprint density at radius 3 is 2.59 bits per heavy atom. The van der Waals surface area contributed by atoms with Gasteiger partial charge in [-0.1, -0.05) is 0 Å². The first kappa shape index (κ1) is 18.4. The number of hydrogen-bond acceptors (Lipinski definition) is 5. The van der Waals surface area contributed by atoms with Gasteiger partial charge in [0.05, 0.1) is 24.7 Å². The van der Waals surface area contributed by atoms with Crippen LogP contribution in [0.4, 0.5) is 11.4 Å². The lowest BCUT2D eigenvalue weighted by Crippen LogP contribution is -2.45. The van der Waals surface area contributed by atoms with Gasteiger partial charge in [-0.3, -0.25) is 15.1 Å². The van der Waals surface area contributed by atoms with E-state index in [1.54, 1.807) is 12.1 Å². The molecule has 1 saturated heterocycles. The molecule has 0 aromatic heterocycles. The third-order valence-corrected chi connectivity index (χ3v) is 3.13. The fourth-order valence-electron chi connectivity index (χ4n) is 1.96. The lowest BCUT2D eigenvalue weighted by atomic mass is 10.3. The first-order chi connectivity index (χ1) is 10.2. The van der Waals surface area contributed by atoms with Crippen molar-refractivity contribution in [3.63, 3.8) is 0 Å². The second kappa shape index (κ2) is 9.41. The zero-order valence-electron chi connectivity index (χ0n) is 12.1. The van der Waals surface area contributed by atoms with Gasteiger partial charge in [-0.15, -0.1) is 24.0 Å². The molecule has 1 aliphatic rings. The summed E-state index contributed by atoms with van der Waals surface area (Å²) in [6.07, 6.45) is 0. The van der Waals surface area contributed by atoms with Gasteiger partial charge in [0.1, 0.15) is 0 Å². The van der Waals surface area contributed by atoms with Crippen molar-refractivity contribution in [1.29, 1.82) is 0 Å². The number of nitro groups is 1. The summed E-state index contributed by atoms with van der Waals surface area (Å²) in [5.74, 6) is 0.531. The highest BCUT2D eigenvalue weighted by atomic mass is 127. The Kier molecular flexibility index (Phi) is 7.88. The molecule has 8 nitrogen and oxygen atoms in total. The summed E-state index contributed by atoms with van der Waals surface area (Å²) in [6, 6.07) is 6.28. The maximum absolute atomic E-state index is 10.5. The van der Waals surface area contributed by atoms with Crippen molar-refractivity contribution in [3.05, 3.63) is 34.4 Å². The molecule has 1 fully saturated rings. The van der Waals surface area contributed by atoms with Crippen LogP contribution >= 0.6 is 24.0 Å². The molecule has 1 heterocycles. The molecule has 9 heteroatoms. The summed E-state index contributed by atoms with van der Waals surface area (Å²) >= 11 is 0. The van der Waals surface area contributed by atoms with Crippen LogP contribution in [-0.2, 0) is 4.74 Å². The summed E-state index contributed by atoms with van der Waals surface area (Å²) in [6.45, 7) is 4.05. The number of ether oxygens (including phenoxy) is 1. The Morgan fingerprint density at radius 2 is 2.00 bits per heavy atom. The minimum absolute atomic E-state index is 0. The number of halogens is 1. The molecule has 22 heavy (non-hydrogen) atoms. The number of hydrogen-bond donors (Lipinski definition) is 2. The van der Waals surface area contributed by atoms with Gasteiger partial charge >= 0.3 is 0 Å². The van der Waals surface area contributed by atoms with E-state index in [-0.39, 0.29) is 29.7 Å². The van der Waals surface area contributed by atoms with Gasteiger partial charge < -0.3 is 20.7 Å². The maximum atomic E-state index is 10.5. The molecule has 0 saturated carbocycles. The highest BCUT2D eigenvalue weighted by Gasteiger charge is 2.11. The molecule has 122 valence electrons. The van der Waals surface area contributed by atoms with E-state index >= 15 is 0 Å². The van der Waals surface area contributed by atoms with Gasteiger partial charge in [-0.25, -0.2) is 0 Å². The Bertz CT molecular complexity index is 503. The van der Waals surface area contributed by atoms with Crippen LogP contribution in [0.1, 0.15) is 0 Å². The zero-order chi connectivity index (χ0) is 15.1. The van der Waals surface area contributed by atoms with Gasteiger partial charge in [0.25, 0.3) is 5.69 Å². The van der Waals surface area contributed by atoms with Crippen LogP contribution in [0.15, 0.2) is 29.3 Å². The fourth-order valence-corrected chi connectivity index (χ4v) is 1.96. The molecule has 0 amide bonds. The van der Waals surface area contributed by atoms with E-state index in [9.17, 15) is 10.1 Å². The summed E-state index contributed by atoms with van der Waals surface area (Å²) in [5.41, 5.74) is 6.80. The highest BCUT2D eigenvalue weighted by molar-refractivity contribution is 14.0. The molecule has 2 rings (SSSR count). The number of rotatable bonds is 5. The van der Waals surface area contributed by atoms with E-state index in [0.29, 0.717) is 32.3 Å². The number of guanidine groups is 1. The first-order valence-corrected chi connectivity index (χ1v) is 6.78. The van der Waals surface area contributed by atoms with Gasteiger partial charge in [0, 0.05) is 37.5 Å². The van der Waals surface area contributed by atoms with Crippen molar-refractivity contribution < 1.29 is 9.66 Å². The van der Waals surface area contributed by atoms with Crippen molar-refractivity contribution in [3.8, 4) is 0 Å². The molecule has 0 unspecified atom stereocenters. The van der Waals surface area contributed by atoms with Crippen LogP contribution in [0.2, 0.25) is 0 Å². The summed E-state index contributed by atoms with van der Waals surface area (Å²) in [7, 11) is 0. The summed E-state index contributed by atoms with van der Waals surface area (Å²) in [4.78, 5) is 16.4. The number of morpholine rings is 1. The van der Waals surface area contributed by atoms with Crippen molar-refractivity contribution >= 4 is 41.3 Å². The van der Waals surface area contributed by atoms with Gasteiger partial charge in [-0.2, -0.15) is 0 Å². The minimum atomic E-state index is -0.420. The number of nitrogens with one attached hydrogen (secondary N) is 1. The number of non-ortho nitro benzene ring substituents is 1. The second-order valence-corrected chi connectivity index (χ2v) is 4.57. The van der Waals surface area contributed by atoms with E-state index in [2.05, 4.69) is 10.3 Å². The van der Waals surface area contributed by atoms with Crippen molar-refractivity contribution in [2.45, 2.75) is 0 Å². The topological polar surface area (TPSA) is 106 Å². The minimum Gasteiger partial charge on any atom is -0.383 e. The molecule has 3 N–H and O–H groups in total. The van der Waals surface area contributed by atoms with Gasteiger partial charge in [0.15, 0.2) is 5.96 Å². The summed E-state index contributed by atoms with van der Waals surface area (Å²) < 4.78 is 5.25. The number of nitrogens with two attached hydrogens (primary N) is 1. The van der Waals surface area contributed by atoms with Crippen LogP contribution in [0.5, 0.6) is 0 Å². The van der Waals surface area contributed by atoms with Gasteiger partial charge in [-0.05, 0) is 12.1 Å². The van der Waals surface area contributed by atoms with E-state index in [4.69, 9.17) is 10.5 Å². The van der Waals surface area contributed by atoms with E-state index in [1.807, 2.05) is 4.90 Å². The molecule has 0 radical (unpaired) electrons. The normalized spacial score (nSPS) is 15.1. The number of nitrogens with zero attached hydrogens (tertiary/aromatic N) is 3. The number of benzene rings is 1. The summed E-state index contributed by atoms with van der Waals surface area (Å²) in [5, 5.41) is 13.7. The molecule has 0 spiro atoms. The monoisotopic (exact) mass is 421 g/mol. The zero-order valence-corrected chi connectivity index (χ0v) is 14.4. The number of anilines is 1. The van der Waals surface area contributed by atoms with Crippen LogP contribution in [0, 0.1) is 10.1 Å². The van der Waals surface area contributed by atoms with Crippen LogP contribution in [0.25, 0.3) is 0 Å². The first-order valence-electron chi connectivity index (χ1n) is 6.78. The average Bonchev–Trinajstić information content (AvgIpc) is 2.52. The standard InChI is InChI=1S/C13H19N5O3.HI/c14-13(17-7-9-21-10-8-17)16-6-5-15-11-1-3-12(4-2-11)18(19)20;/h1-4,15H,5-10H2,(H2,14,16);1H. The van der Waals surface area contributed by atoms with Crippen LogP contribution < -0.4 is 11.1 Å². The van der Waals surface area contributed by atoms with Gasteiger partial charge in [0.2, 0.25) is 0 Å². The molecule has 1 aromatic rings. The van der Waals surface area contributed by atoms with Crippen LogP contribution in [-0.4, -0.2) is 55.2 Å². The third-order valence-electron chi connectivity index (χ3n) is 3.13. The Balaban J connectivity index is 0.00000242. The van der Waals surface area contributed by atoms with E-state index in [0.717, 1.165) is 18.8 Å². The molecule has 0 aliphatic carbocycles. The lowest BCUT2D eigenvalue weighted by Gasteiger charge is -2.27. The third kappa shape index (κ3) is 5.64.